The Morgan fingerprint density at radius 1 is 1.00 bits per heavy atom. The highest BCUT2D eigenvalue weighted by atomic mass is 16.1. The maximum absolute atomic E-state index is 12.6. The molecule has 1 fully saturated rings. The van der Waals surface area contributed by atoms with Crippen LogP contribution in [0.4, 0.5) is 22.7 Å². The first-order valence-corrected chi connectivity index (χ1v) is 9.61. The highest BCUT2D eigenvalue weighted by Crippen LogP contribution is 2.24. The highest BCUT2D eigenvalue weighted by molar-refractivity contribution is 6.04. The van der Waals surface area contributed by atoms with Gasteiger partial charge >= 0.3 is 0 Å². The Hall–Kier alpha value is -3.85. The van der Waals surface area contributed by atoms with Gasteiger partial charge in [-0.2, -0.15) is 5.26 Å². The SMILES string of the molecule is N#Cc1ccccc1NC(=O)c1cc(Nc2ccc(N3CCCC3)cc2)ccn1. The molecule has 0 spiro atoms. The summed E-state index contributed by atoms with van der Waals surface area (Å²) >= 11 is 0. The zero-order valence-corrected chi connectivity index (χ0v) is 15.9. The third kappa shape index (κ3) is 4.36. The van der Waals surface area contributed by atoms with Crippen molar-refractivity contribution in [2.75, 3.05) is 28.6 Å². The number of amides is 1. The first-order chi connectivity index (χ1) is 14.2. The lowest BCUT2D eigenvalue weighted by Crippen LogP contribution is -2.17. The lowest BCUT2D eigenvalue weighted by Gasteiger charge is -2.18. The van der Waals surface area contributed by atoms with E-state index in [1.807, 2.05) is 18.2 Å². The average molecular weight is 383 g/mol. The monoisotopic (exact) mass is 383 g/mol. The summed E-state index contributed by atoms with van der Waals surface area (Å²) in [6.45, 7) is 2.23. The summed E-state index contributed by atoms with van der Waals surface area (Å²) in [5.41, 5.74) is 4.11. The van der Waals surface area contributed by atoms with Gasteiger partial charge in [-0.3, -0.25) is 9.78 Å². The van der Waals surface area contributed by atoms with E-state index in [4.69, 9.17) is 5.26 Å². The number of nitriles is 1. The van der Waals surface area contributed by atoms with Crippen molar-refractivity contribution in [2.24, 2.45) is 0 Å². The number of hydrogen-bond donors (Lipinski definition) is 2. The topological polar surface area (TPSA) is 81.0 Å². The van der Waals surface area contributed by atoms with Crippen molar-refractivity contribution in [1.82, 2.24) is 4.98 Å². The molecule has 4 rings (SSSR count). The van der Waals surface area contributed by atoms with Gasteiger partial charge in [0.25, 0.3) is 5.91 Å². The smallest absolute Gasteiger partial charge is 0.274 e. The van der Waals surface area contributed by atoms with Gasteiger partial charge in [-0.25, -0.2) is 0 Å². The fraction of sp³-hybridized carbons (Fsp3) is 0.174. The molecule has 144 valence electrons. The summed E-state index contributed by atoms with van der Waals surface area (Å²) in [4.78, 5) is 19.1. The Labute approximate surface area is 169 Å². The Morgan fingerprint density at radius 2 is 1.76 bits per heavy atom. The molecule has 1 aromatic heterocycles. The van der Waals surface area contributed by atoms with Crippen LogP contribution in [0.2, 0.25) is 0 Å². The summed E-state index contributed by atoms with van der Waals surface area (Å²) in [5.74, 6) is -0.360. The number of pyridine rings is 1. The third-order valence-electron chi connectivity index (χ3n) is 4.92. The van der Waals surface area contributed by atoms with Gasteiger partial charge in [-0.05, 0) is 61.4 Å². The molecule has 0 atom stereocenters. The number of carbonyl (C=O) groups excluding carboxylic acids is 1. The number of nitrogens with one attached hydrogen (secondary N) is 2. The van der Waals surface area contributed by atoms with Crippen LogP contribution < -0.4 is 15.5 Å². The molecule has 0 radical (unpaired) electrons. The van der Waals surface area contributed by atoms with Crippen LogP contribution in [0.25, 0.3) is 0 Å². The number of hydrogen-bond acceptors (Lipinski definition) is 5. The predicted octanol–water partition coefficient (Wildman–Crippen LogP) is 4.55. The molecule has 2 heterocycles. The van der Waals surface area contributed by atoms with Gasteiger partial charge in [0, 0.05) is 36.3 Å². The number of carbonyl (C=O) groups is 1. The Balaban J connectivity index is 1.45. The van der Waals surface area contributed by atoms with E-state index in [9.17, 15) is 4.79 Å². The molecule has 1 saturated heterocycles. The first kappa shape index (κ1) is 18.5. The molecule has 0 unspecified atom stereocenters. The summed E-state index contributed by atoms with van der Waals surface area (Å²) < 4.78 is 0. The van der Waals surface area contributed by atoms with E-state index in [0.717, 1.165) is 24.5 Å². The second-order valence-corrected chi connectivity index (χ2v) is 6.91. The van der Waals surface area contributed by atoms with E-state index in [0.29, 0.717) is 11.3 Å². The van der Waals surface area contributed by atoms with Gasteiger partial charge in [0.05, 0.1) is 11.3 Å². The second-order valence-electron chi connectivity index (χ2n) is 6.91. The van der Waals surface area contributed by atoms with Crippen molar-refractivity contribution in [2.45, 2.75) is 12.8 Å². The molecule has 2 N–H and O–H groups in total. The first-order valence-electron chi connectivity index (χ1n) is 9.61. The van der Waals surface area contributed by atoms with Crippen LogP contribution in [-0.2, 0) is 0 Å². The maximum atomic E-state index is 12.6. The fourth-order valence-corrected chi connectivity index (χ4v) is 3.41. The van der Waals surface area contributed by atoms with Gasteiger partial charge in [-0.15, -0.1) is 0 Å². The molecular formula is C23H21N5O. The Morgan fingerprint density at radius 3 is 2.52 bits per heavy atom. The van der Waals surface area contributed by atoms with E-state index in [-0.39, 0.29) is 11.6 Å². The molecule has 1 amide bonds. The zero-order chi connectivity index (χ0) is 20.1. The van der Waals surface area contributed by atoms with Crippen molar-refractivity contribution < 1.29 is 4.79 Å². The standard InChI is InChI=1S/C23H21N5O/c24-16-17-5-1-2-6-21(17)27-23(29)22-15-19(11-12-25-22)26-18-7-9-20(10-8-18)28-13-3-4-14-28/h1-2,5-12,15H,3-4,13-14H2,(H,25,26)(H,27,29). The average Bonchev–Trinajstić information content (AvgIpc) is 3.30. The van der Waals surface area contributed by atoms with Crippen LogP contribution in [0.15, 0.2) is 66.9 Å². The molecule has 2 aromatic carbocycles. The number of aromatic nitrogens is 1. The van der Waals surface area contributed by atoms with Gasteiger partial charge < -0.3 is 15.5 Å². The maximum Gasteiger partial charge on any atom is 0.274 e. The number of anilines is 4. The van der Waals surface area contributed by atoms with Crippen molar-refractivity contribution in [3.05, 3.63) is 78.1 Å². The summed E-state index contributed by atoms with van der Waals surface area (Å²) in [6, 6.07) is 20.8. The van der Waals surface area contributed by atoms with E-state index in [2.05, 4.69) is 38.7 Å². The lowest BCUT2D eigenvalue weighted by atomic mass is 10.2. The van der Waals surface area contributed by atoms with Crippen LogP contribution in [0.1, 0.15) is 28.9 Å². The molecular weight excluding hydrogens is 362 g/mol. The van der Waals surface area contributed by atoms with E-state index >= 15 is 0 Å². The quantitative estimate of drug-likeness (QED) is 0.676. The Bertz CT molecular complexity index is 1050. The van der Waals surface area contributed by atoms with Gasteiger partial charge in [0.15, 0.2) is 0 Å². The van der Waals surface area contributed by atoms with Crippen molar-refractivity contribution in [1.29, 1.82) is 5.26 Å². The second kappa shape index (κ2) is 8.44. The van der Waals surface area contributed by atoms with E-state index in [1.54, 1.807) is 36.5 Å². The number of nitrogens with zero attached hydrogens (tertiary/aromatic N) is 3. The van der Waals surface area contributed by atoms with Gasteiger partial charge in [0.1, 0.15) is 11.8 Å². The van der Waals surface area contributed by atoms with Crippen LogP contribution in [-0.4, -0.2) is 24.0 Å². The number of benzene rings is 2. The predicted molar refractivity (Wildman–Crippen MR) is 115 cm³/mol. The fourth-order valence-electron chi connectivity index (χ4n) is 3.41. The van der Waals surface area contributed by atoms with E-state index < -0.39 is 0 Å². The largest absolute Gasteiger partial charge is 0.372 e. The van der Waals surface area contributed by atoms with E-state index in [1.165, 1.54) is 18.5 Å². The molecule has 29 heavy (non-hydrogen) atoms. The van der Waals surface area contributed by atoms with Gasteiger partial charge in [-0.1, -0.05) is 12.1 Å². The molecule has 0 aliphatic carbocycles. The highest BCUT2D eigenvalue weighted by Gasteiger charge is 2.13. The summed E-state index contributed by atoms with van der Waals surface area (Å²) in [7, 11) is 0. The van der Waals surface area contributed by atoms with Crippen molar-refractivity contribution in [3.63, 3.8) is 0 Å². The molecule has 1 aliphatic rings. The van der Waals surface area contributed by atoms with Crippen molar-refractivity contribution in [3.8, 4) is 6.07 Å². The number of para-hydroxylation sites is 1. The normalized spacial score (nSPS) is 13.0. The molecule has 0 saturated carbocycles. The zero-order valence-electron chi connectivity index (χ0n) is 15.9. The minimum absolute atomic E-state index is 0.274. The molecule has 6 nitrogen and oxygen atoms in total. The lowest BCUT2D eigenvalue weighted by molar-refractivity contribution is 0.102. The Kier molecular flexibility index (Phi) is 5.39. The van der Waals surface area contributed by atoms with Crippen LogP contribution >= 0.6 is 0 Å². The number of rotatable bonds is 5. The summed E-state index contributed by atoms with van der Waals surface area (Å²) in [6.07, 6.45) is 4.09. The van der Waals surface area contributed by atoms with Crippen molar-refractivity contribution >= 4 is 28.7 Å². The minimum atomic E-state index is -0.360. The van der Waals surface area contributed by atoms with Crippen LogP contribution in [0, 0.1) is 11.3 Å². The van der Waals surface area contributed by atoms with Crippen LogP contribution in [0.3, 0.4) is 0 Å². The van der Waals surface area contributed by atoms with Crippen LogP contribution in [0.5, 0.6) is 0 Å². The summed E-state index contributed by atoms with van der Waals surface area (Å²) in [5, 5.41) is 15.2. The van der Waals surface area contributed by atoms with Gasteiger partial charge in [0.2, 0.25) is 0 Å². The molecule has 6 heteroatoms. The molecule has 3 aromatic rings. The molecule has 0 bridgehead atoms. The minimum Gasteiger partial charge on any atom is -0.372 e. The third-order valence-corrected chi connectivity index (χ3v) is 4.92. The molecule has 1 aliphatic heterocycles.